The van der Waals surface area contributed by atoms with Crippen LogP contribution in [-0.2, 0) is 12.5 Å². The first-order valence-electron chi connectivity index (χ1n) is 5.38. The molecule has 2 aromatic rings. The van der Waals surface area contributed by atoms with Crippen LogP contribution in [0.2, 0.25) is 0 Å². The summed E-state index contributed by atoms with van der Waals surface area (Å²) in [6.45, 7) is 4.61. The van der Waals surface area contributed by atoms with E-state index in [9.17, 15) is 0 Å². The number of rotatable bonds is 0. The topological polar surface area (TPSA) is 4.93 Å². The second kappa shape index (κ2) is 2.54. The minimum Gasteiger partial charge on any atom is -0.350 e. The molecule has 0 saturated heterocycles. The molecule has 1 aromatic heterocycles. The molecule has 0 fully saturated rings. The lowest BCUT2D eigenvalue weighted by atomic mass is 9.83. The molecule has 15 heavy (non-hydrogen) atoms. The van der Waals surface area contributed by atoms with Crippen molar-refractivity contribution in [3.8, 4) is 11.3 Å². The lowest BCUT2D eigenvalue weighted by Crippen LogP contribution is -2.14. The maximum atomic E-state index is 2.30. The van der Waals surface area contributed by atoms with Gasteiger partial charge in [0.2, 0.25) is 0 Å². The van der Waals surface area contributed by atoms with Crippen molar-refractivity contribution >= 4 is 0 Å². The van der Waals surface area contributed by atoms with Gasteiger partial charge in [-0.2, -0.15) is 0 Å². The normalized spacial score (nSPS) is 16.2. The van der Waals surface area contributed by atoms with Crippen LogP contribution in [0.1, 0.15) is 25.0 Å². The summed E-state index contributed by atoms with van der Waals surface area (Å²) in [6.07, 6.45) is 2.16. The van der Waals surface area contributed by atoms with Crippen LogP contribution in [0.4, 0.5) is 0 Å². The summed E-state index contributed by atoms with van der Waals surface area (Å²) in [5.74, 6) is 0. The van der Waals surface area contributed by atoms with Gasteiger partial charge in [0.05, 0.1) is 5.69 Å². The number of fused-ring (bicyclic) bond motifs is 3. The molecule has 76 valence electrons. The SMILES string of the molecule is Cn1ccc2c1-c1ccccc1C2(C)C. The Balaban J connectivity index is 2.44. The van der Waals surface area contributed by atoms with Crippen molar-refractivity contribution in [3.63, 3.8) is 0 Å². The fourth-order valence-corrected chi connectivity index (χ4v) is 2.75. The first kappa shape index (κ1) is 8.78. The van der Waals surface area contributed by atoms with Crippen molar-refractivity contribution in [3.05, 3.63) is 47.7 Å². The van der Waals surface area contributed by atoms with Gasteiger partial charge < -0.3 is 4.57 Å². The maximum Gasteiger partial charge on any atom is 0.0522 e. The van der Waals surface area contributed by atoms with Crippen molar-refractivity contribution < 1.29 is 0 Å². The molecule has 0 atom stereocenters. The van der Waals surface area contributed by atoms with Crippen LogP contribution >= 0.6 is 0 Å². The van der Waals surface area contributed by atoms with Gasteiger partial charge in [-0.25, -0.2) is 0 Å². The van der Waals surface area contributed by atoms with E-state index in [4.69, 9.17) is 0 Å². The number of aryl methyl sites for hydroxylation is 1. The third-order valence-electron chi connectivity index (χ3n) is 3.60. The summed E-state index contributed by atoms with van der Waals surface area (Å²) >= 11 is 0. The maximum absolute atomic E-state index is 2.30. The summed E-state index contributed by atoms with van der Waals surface area (Å²) in [5.41, 5.74) is 5.84. The number of aromatic nitrogens is 1. The summed E-state index contributed by atoms with van der Waals surface area (Å²) in [7, 11) is 2.12. The second-order valence-corrected chi connectivity index (χ2v) is 4.86. The minimum atomic E-state index is 0.160. The number of hydrogen-bond acceptors (Lipinski definition) is 0. The fraction of sp³-hybridized carbons (Fsp3) is 0.286. The van der Waals surface area contributed by atoms with Crippen LogP contribution in [0.25, 0.3) is 11.3 Å². The highest BCUT2D eigenvalue weighted by atomic mass is 14.9. The summed E-state index contributed by atoms with van der Waals surface area (Å²) in [5, 5.41) is 0. The Kier molecular flexibility index (Phi) is 1.49. The first-order chi connectivity index (χ1) is 7.12. The lowest BCUT2D eigenvalue weighted by Gasteiger charge is -2.19. The monoisotopic (exact) mass is 197 g/mol. The van der Waals surface area contributed by atoms with Crippen molar-refractivity contribution in [1.82, 2.24) is 4.57 Å². The fourth-order valence-electron chi connectivity index (χ4n) is 2.75. The predicted molar refractivity (Wildman–Crippen MR) is 63.0 cm³/mol. The third kappa shape index (κ3) is 0.930. The zero-order chi connectivity index (χ0) is 10.6. The lowest BCUT2D eigenvalue weighted by molar-refractivity contribution is 0.661. The highest BCUT2D eigenvalue weighted by Crippen LogP contribution is 2.48. The zero-order valence-corrected chi connectivity index (χ0v) is 9.41. The number of benzene rings is 1. The molecule has 1 aromatic carbocycles. The van der Waals surface area contributed by atoms with Crippen molar-refractivity contribution in [2.45, 2.75) is 19.3 Å². The molecule has 1 heterocycles. The Labute approximate surface area is 90.4 Å². The van der Waals surface area contributed by atoms with Crippen LogP contribution in [0.5, 0.6) is 0 Å². The van der Waals surface area contributed by atoms with Crippen molar-refractivity contribution in [1.29, 1.82) is 0 Å². The Morgan fingerprint density at radius 1 is 1.00 bits per heavy atom. The van der Waals surface area contributed by atoms with Gasteiger partial charge in [0.15, 0.2) is 0 Å². The van der Waals surface area contributed by atoms with Gasteiger partial charge in [-0.05, 0) is 17.2 Å². The highest BCUT2D eigenvalue weighted by molar-refractivity contribution is 5.78. The average molecular weight is 197 g/mol. The molecular formula is C14H15N. The van der Waals surface area contributed by atoms with Gasteiger partial charge >= 0.3 is 0 Å². The van der Waals surface area contributed by atoms with Crippen LogP contribution in [-0.4, -0.2) is 4.57 Å². The van der Waals surface area contributed by atoms with Gasteiger partial charge in [0.1, 0.15) is 0 Å². The van der Waals surface area contributed by atoms with Gasteiger partial charge in [0.25, 0.3) is 0 Å². The summed E-state index contributed by atoms with van der Waals surface area (Å²) < 4.78 is 2.23. The molecule has 1 nitrogen and oxygen atoms in total. The van der Waals surface area contributed by atoms with E-state index >= 15 is 0 Å². The Hall–Kier alpha value is -1.50. The molecule has 1 aliphatic rings. The highest BCUT2D eigenvalue weighted by Gasteiger charge is 2.36. The summed E-state index contributed by atoms with van der Waals surface area (Å²) in [4.78, 5) is 0. The van der Waals surface area contributed by atoms with E-state index < -0.39 is 0 Å². The molecule has 3 rings (SSSR count). The Morgan fingerprint density at radius 3 is 2.53 bits per heavy atom. The molecular weight excluding hydrogens is 182 g/mol. The molecule has 0 saturated carbocycles. The van der Waals surface area contributed by atoms with E-state index in [0.29, 0.717) is 0 Å². The average Bonchev–Trinajstić information content (AvgIpc) is 2.69. The Bertz CT molecular complexity index is 532. The van der Waals surface area contributed by atoms with E-state index in [2.05, 4.69) is 62.0 Å². The van der Waals surface area contributed by atoms with E-state index in [1.165, 1.54) is 22.4 Å². The minimum absolute atomic E-state index is 0.160. The van der Waals surface area contributed by atoms with Gasteiger partial charge in [0, 0.05) is 24.2 Å². The van der Waals surface area contributed by atoms with E-state index in [-0.39, 0.29) is 5.41 Å². The standard InChI is InChI=1S/C14H15N/c1-14(2)11-7-5-4-6-10(11)13-12(14)8-9-15(13)3/h4-9H,1-3H3. The van der Waals surface area contributed by atoms with Crippen molar-refractivity contribution in [2.75, 3.05) is 0 Å². The molecule has 0 bridgehead atoms. The third-order valence-corrected chi connectivity index (χ3v) is 3.60. The van der Waals surface area contributed by atoms with Crippen LogP contribution in [0.3, 0.4) is 0 Å². The number of hydrogen-bond donors (Lipinski definition) is 0. The van der Waals surface area contributed by atoms with Gasteiger partial charge in [-0.1, -0.05) is 38.1 Å². The van der Waals surface area contributed by atoms with E-state index in [1.807, 2.05) is 0 Å². The largest absolute Gasteiger partial charge is 0.350 e. The van der Waals surface area contributed by atoms with Crippen LogP contribution < -0.4 is 0 Å². The molecule has 0 aliphatic heterocycles. The Morgan fingerprint density at radius 2 is 1.73 bits per heavy atom. The molecule has 0 spiro atoms. The second-order valence-electron chi connectivity index (χ2n) is 4.86. The van der Waals surface area contributed by atoms with E-state index in [0.717, 1.165) is 0 Å². The van der Waals surface area contributed by atoms with Gasteiger partial charge in [-0.15, -0.1) is 0 Å². The molecule has 0 N–H and O–H groups in total. The first-order valence-corrected chi connectivity index (χ1v) is 5.38. The predicted octanol–water partition coefficient (Wildman–Crippen LogP) is 3.33. The zero-order valence-electron chi connectivity index (χ0n) is 9.41. The van der Waals surface area contributed by atoms with E-state index in [1.54, 1.807) is 0 Å². The molecule has 1 heteroatoms. The number of nitrogens with zero attached hydrogens (tertiary/aromatic N) is 1. The van der Waals surface area contributed by atoms with Crippen LogP contribution in [0, 0.1) is 0 Å². The molecule has 1 aliphatic carbocycles. The summed E-state index contributed by atoms with van der Waals surface area (Å²) in [6, 6.07) is 11.0. The molecule has 0 unspecified atom stereocenters. The smallest absolute Gasteiger partial charge is 0.0522 e. The van der Waals surface area contributed by atoms with Crippen LogP contribution in [0.15, 0.2) is 36.5 Å². The molecule has 0 amide bonds. The molecule has 0 radical (unpaired) electrons. The van der Waals surface area contributed by atoms with Crippen molar-refractivity contribution in [2.24, 2.45) is 7.05 Å². The van der Waals surface area contributed by atoms with Gasteiger partial charge in [-0.3, -0.25) is 0 Å². The quantitative estimate of drug-likeness (QED) is 0.610.